The van der Waals surface area contributed by atoms with Gasteiger partial charge in [-0.3, -0.25) is 10.1 Å². The smallest absolute Gasteiger partial charge is 0.502 e. The number of hydrogen-bond acceptors (Lipinski definition) is 21. The van der Waals surface area contributed by atoms with E-state index in [1.807, 2.05) is 6.92 Å². The number of ether oxygens (including phenoxy) is 11. The Morgan fingerprint density at radius 1 is 0.553 bits per heavy atom. The third-order valence-corrected chi connectivity index (χ3v) is 22.7. The zero-order valence-corrected chi connectivity index (χ0v) is 54.7. The molecule has 0 fully saturated rings. The Balaban J connectivity index is 0.000000415. The summed E-state index contributed by atoms with van der Waals surface area (Å²) in [6.45, 7) is 26.1. The van der Waals surface area contributed by atoms with Crippen LogP contribution in [-0.2, 0) is 35.1 Å². The molecule has 5 rings (SSSR count). The van der Waals surface area contributed by atoms with Gasteiger partial charge in [-0.05, 0) is 133 Å². The van der Waals surface area contributed by atoms with Gasteiger partial charge in [0, 0.05) is 18.7 Å². The summed E-state index contributed by atoms with van der Waals surface area (Å²) in [7, 11) is 7.93. The van der Waals surface area contributed by atoms with Crippen molar-refractivity contribution in [1.29, 1.82) is 0 Å². The van der Waals surface area contributed by atoms with Crippen LogP contribution in [0.15, 0.2) is 72.8 Å². The average molecular weight is 1230 g/mol. The van der Waals surface area contributed by atoms with Crippen LogP contribution in [0.1, 0.15) is 77.6 Å². The molecule has 1 unspecified atom stereocenters. The summed E-state index contributed by atoms with van der Waals surface area (Å²) < 4.78 is 69.5. The van der Waals surface area contributed by atoms with E-state index >= 15 is 0 Å². The van der Waals surface area contributed by atoms with E-state index in [0.29, 0.717) is 53.3 Å². The molecule has 85 heavy (non-hydrogen) atoms. The Hall–Kier alpha value is -7.69. The Labute approximate surface area is 501 Å². The topological polar surface area (TPSA) is 290 Å². The number of nitro groups is 1. The lowest BCUT2D eigenvalue weighted by atomic mass is 10.1. The molecule has 1 amide bonds. The molecule has 0 aromatic heterocycles. The minimum Gasteiger partial charge on any atom is -0.502 e. The number of methoxy groups -OCH3 is 8. The van der Waals surface area contributed by atoms with E-state index in [-0.39, 0.29) is 69.2 Å². The van der Waals surface area contributed by atoms with Gasteiger partial charge in [-0.25, -0.2) is 9.59 Å². The van der Waals surface area contributed by atoms with Crippen molar-refractivity contribution in [3.8, 4) is 74.7 Å². The van der Waals surface area contributed by atoms with Gasteiger partial charge in [0.15, 0.2) is 62.6 Å². The van der Waals surface area contributed by atoms with Gasteiger partial charge in [0.2, 0.25) is 23.0 Å². The van der Waals surface area contributed by atoms with Crippen LogP contribution in [-0.4, -0.2) is 124 Å². The predicted octanol–water partition coefficient (Wildman–Crippen LogP) is 12.3. The first kappa shape index (κ1) is 73.4. The van der Waals surface area contributed by atoms with Gasteiger partial charge in [-0.1, -0.05) is 48.5 Å². The number of carbonyl (C=O) groups is 2. The molecule has 0 aliphatic heterocycles. The minimum absolute atomic E-state index is 0.0535. The average Bonchev–Trinajstić information content (AvgIpc) is 2.89. The highest BCUT2D eigenvalue weighted by Gasteiger charge is 2.38. The van der Waals surface area contributed by atoms with Crippen LogP contribution >= 0.6 is 0 Å². The number of rotatable bonds is 22. The van der Waals surface area contributed by atoms with E-state index in [9.17, 15) is 35.0 Å². The maximum atomic E-state index is 12.3. The Morgan fingerprint density at radius 3 is 1.18 bits per heavy atom. The molecule has 0 saturated carbocycles. The summed E-state index contributed by atoms with van der Waals surface area (Å²) in [4.78, 5) is 34.4. The van der Waals surface area contributed by atoms with Gasteiger partial charge in [0.05, 0.1) is 87.7 Å². The lowest BCUT2D eigenvalue weighted by Crippen LogP contribution is -2.40. The lowest BCUT2D eigenvalue weighted by Gasteiger charge is -2.36. The van der Waals surface area contributed by atoms with Gasteiger partial charge in [-0.15, -0.1) is 0 Å². The quantitative estimate of drug-likeness (QED) is 0.0141. The van der Waals surface area contributed by atoms with Gasteiger partial charge in [0.1, 0.15) is 5.75 Å². The highest BCUT2D eigenvalue weighted by atomic mass is 28.4. The van der Waals surface area contributed by atoms with Crippen LogP contribution in [0.3, 0.4) is 0 Å². The molecule has 0 aliphatic rings. The highest BCUT2D eigenvalue weighted by molar-refractivity contribution is 6.74. The van der Waals surface area contributed by atoms with Crippen LogP contribution in [0, 0.1) is 10.1 Å². The largest absolute Gasteiger partial charge is 0.519 e. The van der Waals surface area contributed by atoms with Crippen molar-refractivity contribution in [2.24, 2.45) is 0 Å². The van der Waals surface area contributed by atoms with Gasteiger partial charge < -0.3 is 86.7 Å². The van der Waals surface area contributed by atoms with Crippen molar-refractivity contribution in [3.63, 3.8) is 0 Å². The lowest BCUT2D eigenvalue weighted by molar-refractivity contribution is -0.384. The molecule has 0 spiro atoms. The number of amides is 1. The zero-order valence-electron chi connectivity index (χ0n) is 52.7. The zero-order chi connectivity index (χ0) is 64.6. The second kappa shape index (κ2) is 33.7. The fourth-order valence-corrected chi connectivity index (χ4v) is 8.50. The summed E-state index contributed by atoms with van der Waals surface area (Å²) >= 11 is 0. The predicted molar refractivity (Wildman–Crippen MR) is 326 cm³/mol. The first-order valence-corrected chi connectivity index (χ1v) is 32.6. The molecule has 472 valence electrons. The minimum atomic E-state index is -1.97. The molecule has 0 bridgehead atoms. The number of aliphatic hydroxyl groups is 2. The second-order valence-corrected chi connectivity index (χ2v) is 31.4. The van der Waals surface area contributed by atoms with Crippen LogP contribution in [0.25, 0.3) is 0 Å². The highest BCUT2D eigenvalue weighted by Crippen LogP contribution is 2.44. The first-order valence-electron chi connectivity index (χ1n) is 26.8. The summed E-state index contributed by atoms with van der Waals surface area (Å²) in [5, 5.41) is 50.5. The fraction of sp³-hybridized carbons (Fsp3) is 0.467. The maximum absolute atomic E-state index is 12.3. The molecule has 0 aliphatic carbocycles. The van der Waals surface area contributed by atoms with E-state index in [1.54, 1.807) is 55.5 Å². The van der Waals surface area contributed by atoms with Gasteiger partial charge in [-0.2, -0.15) is 0 Å². The number of nitrogens with one attached hydrogen (secondary N) is 1. The van der Waals surface area contributed by atoms with Crippen molar-refractivity contribution < 1.29 is 95.9 Å². The van der Waals surface area contributed by atoms with Crippen LogP contribution < -0.4 is 57.4 Å². The van der Waals surface area contributed by atoms with Crippen LogP contribution in [0.5, 0.6) is 74.7 Å². The maximum Gasteiger partial charge on any atom is 0.519 e. The van der Waals surface area contributed by atoms with E-state index < -0.39 is 39.9 Å². The normalized spacial score (nSPS) is 11.5. The monoisotopic (exact) mass is 1230 g/mol. The fourth-order valence-electron chi connectivity index (χ4n) is 6.58. The van der Waals surface area contributed by atoms with Gasteiger partial charge in [0.25, 0.3) is 5.69 Å². The number of aromatic hydroxyl groups is 2. The van der Waals surface area contributed by atoms with E-state index in [2.05, 4.69) is 73.0 Å². The molecule has 0 heterocycles. The third kappa shape index (κ3) is 22.4. The summed E-state index contributed by atoms with van der Waals surface area (Å²) in [6.07, 6.45) is -1.53. The number of carbonyl (C=O) groups excluding carboxylic acids is 2. The molecule has 23 nitrogen and oxygen atoms in total. The van der Waals surface area contributed by atoms with Crippen molar-refractivity contribution in [2.45, 2.75) is 124 Å². The number of nitro benzene ring substituents is 1. The van der Waals surface area contributed by atoms with E-state index in [4.69, 9.17) is 66.1 Å². The Kier molecular flexibility index (Phi) is 29.1. The number of phenolic OH excluding ortho intramolecular Hbond substituents is 2. The number of aliphatic hydroxyl groups excluding tert-OH is 2. The molecule has 5 aromatic rings. The van der Waals surface area contributed by atoms with Crippen molar-refractivity contribution in [3.05, 3.63) is 105 Å². The summed E-state index contributed by atoms with van der Waals surface area (Å²) in [6, 6.07) is 18.7. The van der Waals surface area contributed by atoms with Crippen molar-refractivity contribution in [1.82, 2.24) is 5.32 Å². The van der Waals surface area contributed by atoms with Crippen LogP contribution in [0.4, 0.5) is 15.3 Å². The number of phenols is 2. The van der Waals surface area contributed by atoms with E-state index in [0.717, 1.165) is 23.1 Å². The second-order valence-electron chi connectivity index (χ2n) is 21.8. The van der Waals surface area contributed by atoms with Crippen molar-refractivity contribution >= 4 is 34.6 Å². The molecule has 0 radical (unpaired) electrons. The molecule has 25 heteroatoms. The molecule has 5 aromatic carbocycles. The standard InChI is InChI=1S/C22H29NO8Si.C19H33NO6Si.C10H14O3.C9H12O4/c1-22(2,3)32(6,7)29-14-15-12-18(27-4)20(19(13-15)28-5)31-21(24)30-17-10-8-16(9-11-17)23(25)26;1-13(21)11-20-18(22)26-17-15(23-5)9-14(10-16(17)24-6)12-25-27(7,8)19(2,3)4;1-4-7-5-8(12-2)10(11)9(6-7)13-3;1-12-7-3-6(5-10)4-8(13-2)9(7)11/h8-13H,14H2,1-7H3;9-10,13,21H,11-12H2,1-8H3,(H,20,22);5-6,11H,4H2,1-3H3;3-4,10-11H,5H2,1-2H3. The molecule has 5 N–H and O–H groups in total. The third-order valence-electron chi connectivity index (χ3n) is 13.7. The number of non-ortho nitro benzene ring substituents is 1. The number of nitrogens with zero attached hydrogens (tertiary/aromatic N) is 1. The first-order chi connectivity index (χ1) is 39.7. The van der Waals surface area contributed by atoms with Gasteiger partial charge >= 0.3 is 12.2 Å². The molecule has 0 saturated heterocycles. The number of benzene rings is 5. The van der Waals surface area contributed by atoms with E-state index in [1.165, 1.54) is 81.1 Å². The Morgan fingerprint density at radius 2 is 0.882 bits per heavy atom. The van der Waals surface area contributed by atoms with Crippen molar-refractivity contribution in [2.75, 3.05) is 63.4 Å². The SMILES string of the molecule is CCc1cc(OC)c(O)c(OC)c1.COc1cc(CO)cc(OC)c1O.COc1cc(CO[Si](C)(C)C(C)(C)C)cc(OC)c1OC(=O)NCC(C)O.COc1cc(CO[Si](C)(C)C(C)(C)C)cc(OC)c1OC(=O)Oc1ccc([N+](=O)[O-])cc1. The molecular formula is C60H88N2O21Si2. The Bertz CT molecular complexity index is 2780. The molecular weight excluding hydrogens is 1140 g/mol. The summed E-state index contributed by atoms with van der Waals surface area (Å²) in [5.74, 6) is 3.13. The van der Waals surface area contributed by atoms with Crippen LogP contribution in [0.2, 0.25) is 36.3 Å². The number of hydrogen-bond donors (Lipinski definition) is 5. The molecule has 1 atom stereocenters. The summed E-state index contributed by atoms with van der Waals surface area (Å²) in [5.41, 5.74) is 3.26. The number of aryl methyl sites for hydroxylation is 1.